The predicted molar refractivity (Wildman–Crippen MR) is 99.2 cm³/mol. The lowest BCUT2D eigenvalue weighted by Crippen LogP contribution is -2.62. The number of hydrogen-bond acceptors (Lipinski definition) is 5. The van der Waals surface area contributed by atoms with E-state index in [-0.39, 0.29) is 23.5 Å². The third-order valence-electron chi connectivity index (χ3n) is 5.74. The van der Waals surface area contributed by atoms with Gasteiger partial charge in [-0.2, -0.15) is 0 Å². The molecule has 6 heteroatoms. The molecule has 26 heavy (non-hydrogen) atoms. The first-order valence-corrected chi connectivity index (χ1v) is 9.63. The van der Waals surface area contributed by atoms with E-state index < -0.39 is 0 Å². The number of aliphatic hydroxyl groups is 1. The molecule has 1 aromatic rings. The summed E-state index contributed by atoms with van der Waals surface area (Å²) in [5, 5.41) is 10.3. The quantitative estimate of drug-likeness (QED) is 0.773. The fourth-order valence-electron chi connectivity index (χ4n) is 4.10. The third kappa shape index (κ3) is 3.59. The number of carbonyl (C=O) groups excluding carboxylic acids is 1. The van der Waals surface area contributed by atoms with Gasteiger partial charge in [0.1, 0.15) is 5.75 Å². The second kappa shape index (κ2) is 8.37. The van der Waals surface area contributed by atoms with Gasteiger partial charge in [-0.15, -0.1) is 0 Å². The number of rotatable bonds is 7. The summed E-state index contributed by atoms with van der Waals surface area (Å²) >= 11 is 0. The van der Waals surface area contributed by atoms with E-state index in [9.17, 15) is 9.90 Å². The number of aliphatic hydroxyl groups excluding tert-OH is 1. The van der Waals surface area contributed by atoms with E-state index in [0.717, 1.165) is 19.3 Å². The zero-order valence-electron chi connectivity index (χ0n) is 15.5. The van der Waals surface area contributed by atoms with Gasteiger partial charge < -0.3 is 25.2 Å². The van der Waals surface area contributed by atoms with Gasteiger partial charge in [0, 0.05) is 31.5 Å². The first-order chi connectivity index (χ1) is 12.6. The molecule has 1 aromatic carbocycles. The van der Waals surface area contributed by atoms with Crippen LogP contribution in [-0.2, 0) is 4.74 Å². The number of piperidine rings is 1. The number of hydrogen-bond donors (Lipinski definition) is 2. The lowest BCUT2D eigenvalue weighted by Gasteiger charge is -2.56. The average molecular weight is 362 g/mol. The summed E-state index contributed by atoms with van der Waals surface area (Å²) < 4.78 is 11.6. The molecule has 3 rings (SSSR count). The number of amides is 1. The van der Waals surface area contributed by atoms with E-state index in [1.54, 1.807) is 0 Å². The molecule has 1 amide bonds. The van der Waals surface area contributed by atoms with Gasteiger partial charge in [0.25, 0.3) is 5.91 Å². The molecule has 0 aromatic heterocycles. The second-order valence-electron chi connectivity index (χ2n) is 7.27. The van der Waals surface area contributed by atoms with Crippen LogP contribution >= 0.6 is 0 Å². The molecule has 1 aliphatic heterocycles. The maximum Gasteiger partial charge on any atom is 0.257 e. The molecule has 0 bridgehead atoms. The summed E-state index contributed by atoms with van der Waals surface area (Å²) in [4.78, 5) is 14.8. The Morgan fingerprint density at radius 3 is 2.69 bits per heavy atom. The Morgan fingerprint density at radius 2 is 2.04 bits per heavy atom. The van der Waals surface area contributed by atoms with Crippen LogP contribution in [0.4, 0.5) is 0 Å². The van der Waals surface area contributed by atoms with Crippen molar-refractivity contribution < 1.29 is 19.4 Å². The predicted octanol–water partition coefficient (Wildman–Crippen LogP) is 1.81. The molecule has 1 spiro atoms. The molecule has 0 radical (unpaired) electrons. The molecular formula is C20H30N2O4. The molecule has 144 valence electrons. The Bertz CT molecular complexity index is 614. The Labute approximate surface area is 155 Å². The van der Waals surface area contributed by atoms with Crippen molar-refractivity contribution >= 4 is 5.91 Å². The zero-order chi connectivity index (χ0) is 18.6. The van der Waals surface area contributed by atoms with E-state index in [1.807, 2.05) is 36.1 Å². The van der Waals surface area contributed by atoms with Gasteiger partial charge in [-0.3, -0.25) is 4.79 Å². The monoisotopic (exact) mass is 362 g/mol. The molecule has 3 N–H and O–H groups in total. The summed E-state index contributed by atoms with van der Waals surface area (Å²) in [5.41, 5.74) is 5.93. The van der Waals surface area contributed by atoms with Crippen LogP contribution in [0.25, 0.3) is 0 Å². The van der Waals surface area contributed by atoms with Crippen molar-refractivity contribution in [1.29, 1.82) is 0 Å². The fraction of sp³-hybridized carbons (Fsp3) is 0.650. The van der Waals surface area contributed by atoms with E-state index in [1.165, 1.54) is 0 Å². The molecule has 2 aliphatic rings. The van der Waals surface area contributed by atoms with Crippen molar-refractivity contribution in [2.45, 2.75) is 44.8 Å². The van der Waals surface area contributed by atoms with Crippen molar-refractivity contribution in [3.05, 3.63) is 29.8 Å². The minimum atomic E-state index is -0.345. The smallest absolute Gasteiger partial charge is 0.257 e. The minimum Gasteiger partial charge on any atom is -0.493 e. The van der Waals surface area contributed by atoms with Gasteiger partial charge in [0.05, 0.1) is 31.0 Å². The topological polar surface area (TPSA) is 85.0 Å². The summed E-state index contributed by atoms with van der Waals surface area (Å²) in [7, 11) is 0. The summed E-state index contributed by atoms with van der Waals surface area (Å²) in [6.07, 6.45) is 2.79. The highest BCUT2D eigenvalue weighted by atomic mass is 16.5. The van der Waals surface area contributed by atoms with E-state index in [0.29, 0.717) is 50.6 Å². The lowest BCUT2D eigenvalue weighted by atomic mass is 9.58. The zero-order valence-corrected chi connectivity index (χ0v) is 15.5. The number of carbonyl (C=O) groups is 1. The Kier molecular flexibility index (Phi) is 6.16. The SMILES string of the molecule is CCCOc1ccccc1C(=O)N1CCC2(CC1)[C@@H](O)C[C@H]2OCCN. The van der Waals surface area contributed by atoms with Crippen molar-refractivity contribution in [3.8, 4) is 5.75 Å². The highest BCUT2D eigenvalue weighted by molar-refractivity contribution is 5.97. The van der Waals surface area contributed by atoms with Crippen molar-refractivity contribution in [1.82, 2.24) is 4.90 Å². The van der Waals surface area contributed by atoms with E-state index in [4.69, 9.17) is 15.2 Å². The van der Waals surface area contributed by atoms with Gasteiger partial charge in [-0.1, -0.05) is 19.1 Å². The Balaban J connectivity index is 1.64. The van der Waals surface area contributed by atoms with Crippen LogP contribution in [0, 0.1) is 5.41 Å². The van der Waals surface area contributed by atoms with Gasteiger partial charge >= 0.3 is 0 Å². The highest BCUT2D eigenvalue weighted by Gasteiger charge is 2.56. The van der Waals surface area contributed by atoms with Crippen molar-refractivity contribution in [3.63, 3.8) is 0 Å². The molecule has 1 heterocycles. The van der Waals surface area contributed by atoms with Gasteiger partial charge in [0.2, 0.25) is 0 Å². The summed E-state index contributed by atoms with van der Waals surface area (Å²) in [5.74, 6) is 0.646. The van der Waals surface area contributed by atoms with Gasteiger partial charge in [-0.25, -0.2) is 0 Å². The maximum absolute atomic E-state index is 13.0. The summed E-state index contributed by atoms with van der Waals surface area (Å²) in [6, 6.07) is 7.42. The summed E-state index contributed by atoms with van der Waals surface area (Å²) in [6.45, 7) is 4.90. The molecule has 2 fully saturated rings. The van der Waals surface area contributed by atoms with Crippen LogP contribution in [0.3, 0.4) is 0 Å². The number of ether oxygens (including phenoxy) is 2. The number of likely N-dealkylation sites (tertiary alicyclic amines) is 1. The fourth-order valence-corrected chi connectivity index (χ4v) is 4.10. The van der Waals surface area contributed by atoms with Crippen LogP contribution in [0.15, 0.2) is 24.3 Å². The molecule has 2 atom stereocenters. The second-order valence-corrected chi connectivity index (χ2v) is 7.27. The largest absolute Gasteiger partial charge is 0.493 e. The standard InChI is InChI=1S/C20H30N2O4/c1-2-12-25-16-6-4-3-5-15(16)19(24)22-10-7-20(8-11-22)17(23)14-18(20)26-13-9-21/h3-6,17-18,23H,2,7-14,21H2,1H3/t17-,18+/m0/s1. The molecule has 1 aliphatic carbocycles. The molecule has 0 unspecified atom stereocenters. The number of para-hydroxylation sites is 1. The van der Waals surface area contributed by atoms with Crippen LogP contribution in [0.1, 0.15) is 43.0 Å². The average Bonchev–Trinajstić information content (AvgIpc) is 2.69. The number of benzene rings is 1. The van der Waals surface area contributed by atoms with E-state index >= 15 is 0 Å². The molecular weight excluding hydrogens is 332 g/mol. The first-order valence-electron chi connectivity index (χ1n) is 9.63. The van der Waals surface area contributed by atoms with Gasteiger partial charge in [-0.05, 0) is 31.4 Å². The van der Waals surface area contributed by atoms with Crippen LogP contribution in [0.5, 0.6) is 5.75 Å². The Hall–Kier alpha value is -1.63. The molecule has 1 saturated carbocycles. The number of nitrogens with zero attached hydrogens (tertiary/aromatic N) is 1. The van der Waals surface area contributed by atoms with Gasteiger partial charge in [0.15, 0.2) is 0 Å². The molecule has 6 nitrogen and oxygen atoms in total. The highest BCUT2D eigenvalue weighted by Crippen LogP contribution is 2.51. The lowest BCUT2D eigenvalue weighted by molar-refractivity contribution is -0.207. The van der Waals surface area contributed by atoms with Crippen molar-refractivity contribution in [2.75, 3.05) is 32.8 Å². The third-order valence-corrected chi connectivity index (χ3v) is 5.74. The first kappa shape index (κ1) is 19.1. The van der Waals surface area contributed by atoms with E-state index in [2.05, 4.69) is 0 Å². The molecule has 1 saturated heterocycles. The van der Waals surface area contributed by atoms with Crippen LogP contribution < -0.4 is 10.5 Å². The van der Waals surface area contributed by atoms with Crippen LogP contribution in [-0.4, -0.2) is 61.0 Å². The van der Waals surface area contributed by atoms with Crippen molar-refractivity contribution in [2.24, 2.45) is 11.1 Å². The maximum atomic E-state index is 13.0. The normalized spacial score (nSPS) is 24.3. The Morgan fingerprint density at radius 1 is 1.31 bits per heavy atom. The number of nitrogens with two attached hydrogens (primary N) is 1. The van der Waals surface area contributed by atoms with Crippen LogP contribution in [0.2, 0.25) is 0 Å². The minimum absolute atomic E-state index is 0.000192.